The molecule has 1 saturated heterocycles. The molecule has 0 aliphatic carbocycles. The van der Waals surface area contributed by atoms with Gasteiger partial charge in [-0.05, 0) is 54.5 Å². The highest BCUT2D eigenvalue weighted by Crippen LogP contribution is 2.38. The van der Waals surface area contributed by atoms with E-state index in [4.69, 9.17) is 10.5 Å². The second-order valence-corrected chi connectivity index (χ2v) is 7.39. The Bertz CT molecular complexity index is 843. The van der Waals surface area contributed by atoms with Crippen LogP contribution >= 0.6 is 0 Å². The Kier molecular flexibility index (Phi) is 6.34. The van der Waals surface area contributed by atoms with E-state index < -0.39 is 17.8 Å². The molecule has 0 radical (unpaired) electrons. The third kappa shape index (κ3) is 4.19. The summed E-state index contributed by atoms with van der Waals surface area (Å²) in [7, 11) is 1.35. The summed E-state index contributed by atoms with van der Waals surface area (Å²) < 4.78 is 4.81. The summed E-state index contributed by atoms with van der Waals surface area (Å²) >= 11 is 0. The Morgan fingerprint density at radius 3 is 2.43 bits per heavy atom. The van der Waals surface area contributed by atoms with Crippen LogP contribution in [0.3, 0.4) is 0 Å². The zero-order valence-corrected chi connectivity index (χ0v) is 16.6. The van der Waals surface area contributed by atoms with Gasteiger partial charge in [0.05, 0.1) is 18.6 Å². The molecule has 2 aromatic rings. The van der Waals surface area contributed by atoms with Crippen molar-refractivity contribution in [3.8, 4) is 0 Å². The molecule has 0 aromatic heterocycles. The molecule has 1 heterocycles. The summed E-state index contributed by atoms with van der Waals surface area (Å²) in [6.07, 6.45) is 3.63. The van der Waals surface area contributed by atoms with Crippen LogP contribution in [0.25, 0.3) is 0 Å². The molecule has 3 rings (SSSR count). The quantitative estimate of drug-likeness (QED) is 0.773. The SMILES string of the molecule is COC(=O)c1cccc(C(C(N)=O)C(C)c2ccccc2N2CCCCC2)c1. The molecular formula is C23H28N2O3. The zero-order valence-electron chi connectivity index (χ0n) is 16.6. The Labute approximate surface area is 166 Å². The number of ether oxygens (including phenoxy) is 1. The lowest BCUT2D eigenvalue weighted by Gasteiger charge is -2.33. The highest BCUT2D eigenvalue weighted by molar-refractivity contribution is 5.90. The van der Waals surface area contributed by atoms with Crippen LogP contribution in [0.1, 0.15) is 59.5 Å². The van der Waals surface area contributed by atoms with Gasteiger partial charge in [-0.15, -0.1) is 0 Å². The van der Waals surface area contributed by atoms with Gasteiger partial charge < -0.3 is 15.4 Å². The molecule has 5 heteroatoms. The van der Waals surface area contributed by atoms with Crippen LogP contribution < -0.4 is 10.6 Å². The fourth-order valence-corrected chi connectivity index (χ4v) is 4.15. The first kappa shape index (κ1) is 19.9. The van der Waals surface area contributed by atoms with Gasteiger partial charge in [-0.3, -0.25) is 4.79 Å². The number of amides is 1. The maximum atomic E-state index is 12.4. The second-order valence-electron chi connectivity index (χ2n) is 7.39. The third-order valence-electron chi connectivity index (χ3n) is 5.60. The summed E-state index contributed by atoms with van der Waals surface area (Å²) in [6, 6.07) is 15.2. The first-order valence-electron chi connectivity index (χ1n) is 9.84. The number of benzene rings is 2. The third-order valence-corrected chi connectivity index (χ3v) is 5.60. The van der Waals surface area contributed by atoms with E-state index in [2.05, 4.69) is 17.0 Å². The molecule has 1 aliphatic rings. The highest BCUT2D eigenvalue weighted by Gasteiger charge is 2.29. The summed E-state index contributed by atoms with van der Waals surface area (Å²) in [4.78, 5) is 26.8. The largest absolute Gasteiger partial charge is 0.465 e. The summed E-state index contributed by atoms with van der Waals surface area (Å²) in [5, 5.41) is 0. The molecule has 28 heavy (non-hydrogen) atoms. The number of anilines is 1. The number of nitrogens with zero attached hydrogens (tertiary/aromatic N) is 1. The molecule has 0 bridgehead atoms. The van der Waals surface area contributed by atoms with E-state index in [-0.39, 0.29) is 5.92 Å². The van der Waals surface area contributed by atoms with Crippen LogP contribution in [0.15, 0.2) is 48.5 Å². The standard InChI is InChI=1S/C23H28N2O3/c1-16(19-11-4-5-12-20(19)25-13-6-3-7-14-25)21(22(24)26)17-9-8-10-18(15-17)23(27)28-2/h4-5,8-12,15-16,21H,3,6-7,13-14H2,1-2H3,(H2,24,26). The molecule has 2 atom stereocenters. The number of hydrogen-bond donors (Lipinski definition) is 1. The average Bonchev–Trinajstić information content (AvgIpc) is 2.74. The van der Waals surface area contributed by atoms with Crippen LogP contribution in [-0.4, -0.2) is 32.1 Å². The average molecular weight is 380 g/mol. The molecule has 0 saturated carbocycles. The van der Waals surface area contributed by atoms with Gasteiger partial charge >= 0.3 is 5.97 Å². The van der Waals surface area contributed by atoms with E-state index in [9.17, 15) is 9.59 Å². The smallest absolute Gasteiger partial charge is 0.337 e. The highest BCUT2D eigenvalue weighted by atomic mass is 16.5. The van der Waals surface area contributed by atoms with E-state index in [0.717, 1.165) is 24.2 Å². The number of piperidine rings is 1. The van der Waals surface area contributed by atoms with E-state index in [1.54, 1.807) is 18.2 Å². The lowest BCUT2D eigenvalue weighted by molar-refractivity contribution is -0.119. The first-order valence-corrected chi connectivity index (χ1v) is 9.84. The predicted molar refractivity (Wildman–Crippen MR) is 111 cm³/mol. The Morgan fingerprint density at radius 1 is 1.04 bits per heavy atom. The molecule has 5 nitrogen and oxygen atoms in total. The van der Waals surface area contributed by atoms with Crippen molar-refractivity contribution in [1.29, 1.82) is 0 Å². The molecule has 2 aromatic carbocycles. The minimum absolute atomic E-state index is 0.122. The van der Waals surface area contributed by atoms with Gasteiger partial charge in [0.1, 0.15) is 0 Å². The van der Waals surface area contributed by atoms with Crippen molar-refractivity contribution in [3.05, 3.63) is 65.2 Å². The Balaban J connectivity index is 1.98. The zero-order chi connectivity index (χ0) is 20.1. The van der Waals surface area contributed by atoms with E-state index in [1.807, 2.05) is 25.1 Å². The van der Waals surface area contributed by atoms with E-state index >= 15 is 0 Å². The minimum Gasteiger partial charge on any atom is -0.465 e. The molecular weight excluding hydrogens is 352 g/mol. The topological polar surface area (TPSA) is 72.6 Å². The lowest BCUT2D eigenvalue weighted by Crippen LogP contribution is -2.32. The van der Waals surface area contributed by atoms with Crippen molar-refractivity contribution in [2.45, 2.75) is 38.0 Å². The van der Waals surface area contributed by atoms with Gasteiger partial charge in [0.25, 0.3) is 0 Å². The maximum absolute atomic E-state index is 12.4. The molecule has 2 unspecified atom stereocenters. The predicted octanol–water partition coefficient (Wildman–Crippen LogP) is 3.84. The number of nitrogens with two attached hydrogens (primary N) is 1. The lowest BCUT2D eigenvalue weighted by atomic mass is 9.80. The number of para-hydroxylation sites is 1. The first-order chi connectivity index (χ1) is 13.5. The van der Waals surface area contributed by atoms with Gasteiger partial charge in [0.2, 0.25) is 5.91 Å². The molecule has 148 valence electrons. The second kappa shape index (κ2) is 8.91. The van der Waals surface area contributed by atoms with Crippen molar-refractivity contribution in [3.63, 3.8) is 0 Å². The van der Waals surface area contributed by atoms with Crippen molar-refractivity contribution in [1.82, 2.24) is 0 Å². The summed E-state index contributed by atoms with van der Waals surface area (Å²) in [5.41, 5.74) is 9.26. The fraction of sp³-hybridized carbons (Fsp3) is 0.391. The van der Waals surface area contributed by atoms with Crippen LogP contribution in [0.4, 0.5) is 5.69 Å². The van der Waals surface area contributed by atoms with Crippen LogP contribution in [0.2, 0.25) is 0 Å². The maximum Gasteiger partial charge on any atom is 0.337 e. The van der Waals surface area contributed by atoms with Gasteiger partial charge in [0, 0.05) is 18.8 Å². The molecule has 2 N–H and O–H groups in total. The van der Waals surface area contributed by atoms with Crippen LogP contribution in [-0.2, 0) is 9.53 Å². The molecule has 1 fully saturated rings. The number of carbonyl (C=O) groups is 2. The van der Waals surface area contributed by atoms with Gasteiger partial charge in [0.15, 0.2) is 0 Å². The fourth-order valence-electron chi connectivity index (χ4n) is 4.15. The van der Waals surface area contributed by atoms with Crippen LogP contribution in [0, 0.1) is 0 Å². The van der Waals surface area contributed by atoms with Gasteiger partial charge in [-0.2, -0.15) is 0 Å². The number of primary amides is 1. The van der Waals surface area contributed by atoms with Gasteiger partial charge in [-0.25, -0.2) is 4.79 Å². The molecule has 1 amide bonds. The number of carbonyl (C=O) groups excluding carboxylic acids is 2. The van der Waals surface area contributed by atoms with Gasteiger partial charge in [-0.1, -0.05) is 37.3 Å². The van der Waals surface area contributed by atoms with Crippen molar-refractivity contribution in [2.24, 2.45) is 5.73 Å². The molecule has 0 spiro atoms. The summed E-state index contributed by atoms with van der Waals surface area (Å²) in [6.45, 7) is 4.09. The minimum atomic E-state index is -0.532. The van der Waals surface area contributed by atoms with Crippen molar-refractivity contribution >= 4 is 17.6 Å². The van der Waals surface area contributed by atoms with E-state index in [0.29, 0.717) is 5.56 Å². The number of hydrogen-bond acceptors (Lipinski definition) is 4. The Morgan fingerprint density at radius 2 is 1.75 bits per heavy atom. The van der Waals surface area contributed by atoms with Crippen molar-refractivity contribution in [2.75, 3.05) is 25.1 Å². The number of rotatable bonds is 6. The van der Waals surface area contributed by atoms with Crippen LogP contribution in [0.5, 0.6) is 0 Å². The summed E-state index contributed by atoms with van der Waals surface area (Å²) in [5.74, 6) is -1.48. The Hall–Kier alpha value is -2.82. The number of esters is 1. The monoisotopic (exact) mass is 380 g/mol. The molecule has 1 aliphatic heterocycles. The normalized spacial score (nSPS) is 16.3. The number of methoxy groups -OCH3 is 1. The van der Waals surface area contributed by atoms with E-state index in [1.165, 1.54) is 32.1 Å². The van der Waals surface area contributed by atoms with Crippen molar-refractivity contribution < 1.29 is 14.3 Å².